The van der Waals surface area contributed by atoms with Gasteiger partial charge in [-0.05, 0) is 44.2 Å². The minimum Gasteiger partial charge on any atom is -0.493 e. The maximum Gasteiger partial charge on any atom is 0.126 e. The normalized spacial score (nSPS) is 19.2. The first kappa shape index (κ1) is 11.8. The molecule has 2 heterocycles. The largest absolute Gasteiger partial charge is 0.493 e. The van der Waals surface area contributed by atoms with E-state index in [9.17, 15) is 5.11 Å². The van der Waals surface area contributed by atoms with Gasteiger partial charge in [-0.2, -0.15) is 0 Å². The first-order valence-corrected chi connectivity index (χ1v) is 6.87. The van der Waals surface area contributed by atoms with E-state index < -0.39 is 0 Å². The summed E-state index contributed by atoms with van der Waals surface area (Å²) in [5.74, 6) is 2.03. The molecule has 1 aromatic carbocycles. The fraction of sp³-hybridized carbons (Fsp3) is 0.600. The van der Waals surface area contributed by atoms with E-state index in [4.69, 9.17) is 9.47 Å². The molecule has 2 aliphatic rings. The van der Waals surface area contributed by atoms with Gasteiger partial charge in [-0.3, -0.25) is 0 Å². The third-order valence-electron chi connectivity index (χ3n) is 3.70. The fourth-order valence-corrected chi connectivity index (χ4v) is 2.94. The Labute approximate surface area is 108 Å². The number of rotatable bonds is 2. The van der Waals surface area contributed by atoms with E-state index in [-0.39, 0.29) is 6.10 Å². The highest BCUT2D eigenvalue weighted by molar-refractivity contribution is 5.55. The predicted molar refractivity (Wildman–Crippen MR) is 69.5 cm³/mol. The number of aryl methyl sites for hydroxylation is 1. The summed E-state index contributed by atoms with van der Waals surface area (Å²) in [5, 5.41) is 9.71. The highest BCUT2D eigenvalue weighted by atomic mass is 16.5. The van der Waals surface area contributed by atoms with Crippen LogP contribution in [0.3, 0.4) is 0 Å². The summed E-state index contributed by atoms with van der Waals surface area (Å²) >= 11 is 0. The van der Waals surface area contributed by atoms with Crippen molar-refractivity contribution in [3.8, 4) is 11.5 Å². The van der Waals surface area contributed by atoms with Crippen molar-refractivity contribution >= 4 is 0 Å². The van der Waals surface area contributed by atoms with Crippen LogP contribution in [0.25, 0.3) is 0 Å². The van der Waals surface area contributed by atoms with Crippen LogP contribution in [0.5, 0.6) is 11.5 Å². The molecular weight excluding hydrogens is 228 g/mol. The van der Waals surface area contributed by atoms with Gasteiger partial charge in [-0.25, -0.2) is 0 Å². The third kappa shape index (κ3) is 2.07. The Morgan fingerprint density at radius 3 is 2.83 bits per heavy atom. The summed E-state index contributed by atoms with van der Waals surface area (Å²) in [6.07, 6.45) is 4.54. The number of ether oxygens (including phenoxy) is 2. The van der Waals surface area contributed by atoms with Crippen molar-refractivity contribution in [2.45, 2.75) is 45.1 Å². The van der Waals surface area contributed by atoms with Crippen LogP contribution in [-0.4, -0.2) is 24.4 Å². The Bertz CT molecular complexity index is 417. The molecule has 0 saturated carbocycles. The molecule has 18 heavy (non-hydrogen) atoms. The second-order valence-corrected chi connectivity index (χ2v) is 5.28. The molecule has 0 radical (unpaired) electrons. The van der Waals surface area contributed by atoms with Gasteiger partial charge >= 0.3 is 0 Å². The first-order valence-electron chi connectivity index (χ1n) is 6.87. The van der Waals surface area contributed by atoms with Gasteiger partial charge in [-0.1, -0.05) is 0 Å². The average Bonchev–Trinajstić information content (AvgIpc) is 2.38. The summed E-state index contributed by atoms with van der Waals surface area (Å²) < 4.78 is 11.6. The Morgan fingerprint density at radius 2 is 2.00 bits per heavy atom. The zero-order chi connectivity index (χ0) is 12.5. The molecule has 0 amide bonds. The summed E-state index contributed by atoms with van der Waals surface area (Å²) in [5.41, 5.74) is 3.68. The lowest BCUT2D eigenvalue weighted by atomic mass is 9.90. The molecule has 98 valence electrons. The quantitative estimate of drug-likeness (QED) is 0.872. The van der Waals surface area contributed by atoms with Crippen LogP contribution >= 0.6 is 0 Å². The molecule has 0 fully saturated rings. The number of aliphatic hydroxyl groups excluding tert-OH is 1. The van der Waals surface area contributed by atoms with Crippen LogP contribution in [0.1, 0.15) is 36.5 Å². The Hall–Kier alpha value is -1.22. The highest BCUT2D eigenvalue weighted by Crippen LogP contribution is 2.40. The van der Waals surface area contributed by atoms with Gasteiger partial charge in [0.1, 0.15) is 11.5 Å². The molecule has 2 aliphatic heterocycles. The van der Waals surface area contributed by atoms with Gasteiger partial charge in [-0.15, -0.1) is 0 Å². The number of benzene rings is 1. The number of fused-ring (bicyclic) bond motifs is 2. The SMILES string of the molecule is CC(O)Cc1c2c(cc3c1OCCC3)OCCC2. The lowest BCUT2D eigenvalue weighted by molar-refractivity contribution is 0.191. The number of hydrogen-bond acceptors (Lipinski definition) is 3. The molecule has 1 unspecified atom stereocenters. The van der Waals surface area contributed by atoms with E-state index in [2.05, 4.69) is 6.07 Å². The standard InChI is InChI=1S/C15H20O3/c1-10(16)8-13-12-5-3-6-17-14(12)9-11-4-2-7-18-15(11)13/h9-10,16H,2-8H2,1H3. The van der Waals surface area contributed by atoms with Crippen molar-refractivity contribution < 1.29 is 14.6 Å². The second-order valence-electron chi connectivity index (χ2n) is 5.28. The molecule has 1 atom stereocenters. The smallest absolute Gasteiger partial charge is 0.126 e. The van der Waals surface area contributed by atoms with Crippen molar-refractivity contribution in [1.82, 2.24) is 0 Å². The monoisotopic (exact) mass is 248 g/mol. The zero-order valence-corrected chi connectivity index (χ0v) is 10.9. The van der Waals surface area contributed by atoms with E-state index in [0.717, 1.165) is 50.4 Å². The van der Waals surface area contributed by atoms with Crippen molar-refractivity contribution in [1.29, 1.82) is 0 Å². The molecule has 0 aromatic heterocycles. The maximum absolute atomic E-state index is 9.71. The van der Waals surface area contributed by atoms with E-state index in [1.807, 2.05) is 6.92 Å². The van der Waals surface area contributed by atoms with Gasteiger partial charge in [0.15, 0.2) is 0 Å². The van der Waals surface area contributed by atoms with Crippen LogP contribution in [-0.2, 0) is 19.3 Å². The molecule has 1 aromatic rings. The minimum atomic E-state index is -0.340. The molecule has 3 heteroatoms. The number of hydrogen-bond donors (Lipinski definition) is 1. The Balaban J connectivity index is 2.11. The topological polar surface area (TPSA) is 38.7 Å². The molecule has 0 saturated heterocycles. The molecule has 1 N–H and O–H groups in total. The number of aliphatic hydroxyl groups is 1. The van der Waals surface area contributed by atoms with E-state index >= 15 is 0 Å². The third-order valence-corrected chi connectivity index (χ3v) is 3.70. The molecule has 0 spiro atoms. The van der Waals surface area contributed by atoms with Crippen LogP contribution in [0.2, 0.25) is 0 Å². The van der Waals surface area contributed by atoms with Crippen LogP contribution in [0.4, 0.5) is 0 Å². The van der Waals surface area contributed by atoms with E-state index in [0.29, 0.717) is 6.42 Å². The lowest BCUT2D eigenvalue weighted by Crippen LogP contribution is -2.19. The summed E-state index contributed by atoms with van der Waals surface area (Å²) in [6, 6.07) is 2.15. The van der Waals surface area contributed by atoms with E-state index in [1.165, 1.54) is 16.7 Å². The van der Waals surface area contributed by atoms with Crippen molar-refractivity contribution in [2.24, 2.45) is 0 Å². The molecule has 3 nitrogen and oxygen atoms in total. The molecular formula is C15H20O3. The Morgan fingerprint density at radius 1 is 1.22 bits per heavy atom. The molecule has 0 bridgehead atoms. The molecule has 3 rings (SSSR count). The van der Waals surface area contributed by atoms with Crippen LogP contribution in [0.15, 0.2) is 6.07 Å². The van der Waals surface area contributed by atoms with E-state index in [1.54, 1.807) is 0 Å². The summed E-state index contributed by atoms with van der Waals surface area (Å²) in [4.78, 5) is 0. The van der Waals surface area contributed by atoms with Gasteiger partial charge < -0.3 is 14.6 Å². The maximum atomic E-state index is 9.71. The first-order chi connectivity index (χ1) is 8.75. The van der Waals surface area contributed by atoms with Crippen molar-refractivity contribution in [3.63, 3.8) is 0 Å². The highest BCUT2D eigenvalue weighted by Gasteiger charge is 2.24. The van der Waals surface area contributed by atoms with Crippen molar-refractivity contribution in [2.75, 3.05) is 13.2 Å². The predicted octanol–water partition coefficient (Wildman–Crippen LogP) is 2.26. The van der Waals surface area contributed by atoms with Crippen LogP contribution < -0.4 is 9.47 Å². The summed E-state index contributed by atoms with van der Waals surface area (Å²) in [7, 11) is 0. The van der Waals surface area contributed by atoms with Gasteiger partial charge in [0.05, 0.1) is 19.3 Å². The van der Waals surface area contributed by atoms with Gasteiger partial charge in [0.2, 0.25) is 0 Å². The van der Waals surface area contributed by atoms with Gasteiger partial charge in [0.25, 0.3) is 0 Å². The fourth-order valence-electron chi connectivity index (χ4n) is 2.94. The van der Waals surface area contributed by atoms with Crippen molar-refractivity contribution in [3.05, 3.63) is 22.8 Å². The molecule has 0 aliphatic carbocycles. The summed E-state index contributed by atoms with van der Waals surface area (Å²) in [6.45, 7) is 3.43. The van der Waals surface area contributed by atoms with Gasteiger partial charge in [0, 0.05) is 17.5 Å². The average molecular weight is 248 g/mol. The Kier molecular flexibility index (Phi) is 3.16. The minimum absolute atomic E-state index is 0.340. The van der Waals surface area contributed by atoms with Crippen LogP contribution in [0, 0.1) is 0 Å². The zero-order valence-electron chi connectivity index (χ0n) is 10.9. The lowest BCUT2D eigenvalue weighted by Gasteiger charge is -2.28. The second kappa shape index (κ2) is 4.81.